The SMILES string of the molecule is CNS(=O)(=O)c1cc(NC(=O)CCOc2ccccc2)ccc1C. The number of anilines is 1. The molecule has 128 valence electrons. The fraction of sp³-hybridized carbons (Fsp3) is 0.235. The molecule has 0 saturated heterocycles. The van der Waals surface area contributed by atoms with Crippen LogP contribution in [0.4, 0.5) is 5.69 Å². The molecule has 0 saturated carbocycles. The fourth-order valence-electron chi connectivity index (χ4n) is 2.08. The van der Waals surface area contributed by atoms with Gasteiger partial charge in [-0.25, -0.2) is 13.1 Å². The number of hydrogen-bond donors (Lipinski definition) is 2. The van der Waals surface area contributed by atoms with Crippen molar-refractivity contribution < 1.29 is 17.9 Å². The molecule has 0 fully saturated rings. The Hall–Kier alpha value is -2.38. The minimum Gasteiger partial charge on any atom is -0.493 e. The normalized spacial score (nSPS) is 11.1. The molecule has 7 heteroatoms. The number of ether oxygens (including phenoxy) is 1. The molecule has 24 heavy (non-hydrogen) atoms. The smallest absolute Gasteiger partial charge is 0.240 e. The van der Waals surface area contributed by atoms with Gasteiger partial charge in [0.25, 0.3) is 0 Å². The average Bonchev–Trinajstić information content (AvgIpc) is 2.57. The highest BCUT2D eigenvalue weighted by Gasteiger charge is 2.15. The molecule has 1 amide bonds. The molecule has 2 rings (SSSR count). The fourth-order valence-corrected chi connectivity index (χ4v) is 3.07. The van der Waals surface area contributed by atoms with Crippen molar-refractivity contribution in [2.75, 3.05) is 19.0 Å². The van der Waals surface area contributed by atoms with E-state index in [9.17, 15) is 13.2 Å². The molecular formula is C17H20N2O4S. The summed E-state index contributed by atoms with van der Waals surface area (Å²) in [6.07, 6.45) is 0.164. The summed E-state index contributed by atoms with van der Waals surface area (Å²) in [5, 5.41) is 2.68. The first kappa shape index (κ1) is 18.0. The standard InChI is InChI=1S/C17H20N2O4S/c1-13-8-9-14(12-16(13)24(21,22)18-2)19-17(20)10-11-23-15-6-4-3-5-7-15/h3-9,12,18H,10-11H2,1-2H3,(H,19,20). The van der Waals surface area contributed by atoms with Crippen molar-refractivity contribution in [2.24, 2.45) is 0 Å². The number of benzene rings is 2. The third-order valence-corrected chi connectivity index (χ3v) is 4.93. The van der Waals surface area contributed by atoms with Crippen LogP contribution < -0.4 is 14.8 Å². The Balaban J connectivity index is 1.96. The molecule has 0 spiro atoms. The maximum atomic E-state index is 12.0. The molecule has 0 aliphatic rings. The largest absolute Gasteiger partial charge is 0.493 e. The van der Waals surface area contributed by atoms with Crippen LogP contribution in [0.15, 0.2) is 53.4 Å². The van der Waals surface area contributed by atoms with E-state index in [1.807, 2.05) is 30.3 Å². The zero-order valence-corrected chi connectivity index (χ0v) is 14.4. The van der Waals surface area contributed by atoms with Crippen molar-refractivity contribution in [3.05, 3.63) is 54.1 Å². The first-order valence-electron chi connectivity index (χ1n) is 7.44. The molecule has 0 heterocycles. The van der Waals surface area contributed by atoms with Crippen LogP contribution in [0.3, 0.4) is 0 Å². The van der Waals surface area contributed by atoms with Crippen LogP contribution >= 0.6 is 0 Å². The molecule has 2 aromatic carbocycles. The quantitative estimate of drug-likeness (QED) is 0.804. The lowest BCUT2D eigenvalue weighted by atomic mass is 10.2. The number of carbonyl (C=O) groups is 1. The van der Waals surface area contributed by atoms with Crippen LogP contribution in [0.5, 0.6) is 5.75 Å². The number of amides is 1. The molecular weight excluding hydrogens is 328 g/mol. The average molecular weight is 348 g/mol. The van der Waals surface area contributed by atoms with Crippen molar-refractivity contribution in [3.63, 3.8) is 0 Å². The Morgan fingerprint density at radius 3 is 2.50 bits per heavy atom. The molecule has 0 atom stereocenters. The van der Waals surface area contributed by atoms with E-state index in [2.05, 4.69) is 10.0 Å². The topological polar surface area (TPSA) is 84.5 Å². The van der Waals surface area contributed by atoms with Gasteiger partial charge in [-0.2, -0.15) is 0 Å². The van der Waals surface area contributed by atoms with Gasteiger partial charge in [-0.15, -0.1) is 0 Å². The molecule has 2 aromatic rings. The first-order chi connectivity index (χ1) is 11.4. The van der Waals surface area contributed by atoms with Gasteiger partial charge in [-0.1, -0.05) is 24.3 Å². The molecule has 0 aliphatic carbocycles. The third kappa shape index (κ3) is 4.81. The summed E-state index contributed by atoms with van der Waals surface area (Å²) in [6, 6.07) is 14.0. The summed E-state index contributed by atoms with van der Waals surface area (Å²) >= 11 is 0. The van der Waals surface area contributed by atoms with Gasteiger partial charge < -0.3 is 10.1 Å². The monoisotopic (exact) mass is 348 g/mol. The van der Waals surface area contributed by atoms with Gasteiger partial charge in [0.05, 0.1) is 17.9 Å². The number of rotatable bonds is 7. The lowest BCUT2D eigenvalue weighted by molar-refractivity contribution is -0.116. The Bertz CT molecular complexity index is 805. The molecule has 0 radical (unpaired) electrons. The van der Waals surface area contributed by atoms with E-state index in [-0.39, 0.29) is 23.8 Å². The van der Waals surface area contributed by atoms with Crippen molar-refractivity contribution in [3.8, 4) is 5.75 Å². The Labute approximate surface area is 141 Å². The zero-order chi connectivity index (χ0) is 17.6. The Kier molecular flexibility index (Phi) is 5.94. The Morgan fingerprint density at radius 1 is 1.12 bits per heavy atom. The van der Waals surface area contributed by atoms with Gasteiger partial charge >= 0.3 is 0 Å². The van der Waals surface area contributed by atoms with Gasteiger partial charge in [0.2, 0.25) is 15.9 Å². The summed E-state index contributed by atoms with van der Waals surface area (Å²) in [5.41, 5.74) is 1.04. The van der Waals surface area contributed by atoms with E-state index in [1.165, 1.54) is 13.1 Å². The highest BCUT2D eigenvalue weighted by molar-refractivity contribution is 7.89. The van der Waals surface area contributed by atoms with Crippen molar-refractivity contribution >= 4 is 21.6 Å². The van der Waals surface area contributed by atoms with E-state index >= 15 is 0 Å². The van der Waals surface area contributed by atoms with Crippen molar-refractivity contribution in [2.45, 2.75) is 18.2 Å². The Morgan fingerprint density at radius 2 is 1.83 bits per heavy atom. The maximum absolute atomic E-state index is 12.0. The summed E-state index contributed by atoms with van der Waals surface area (Å²) < 4.78 is 31.6. The van der Waals surface area contributed by atoms with Gasteiger partial charge in [0.15, 0.2) is 0 Å². The van der Waals surface area contributed by atoms with Gasteiger partial charge in [-0.05, 0) is 43.8 Å². The number of aryl methyl sites for hydroxylation is 1. The second-order valence-electron chi connectivity index (χ2n) is 5.15. The van der Waals surface area contributed by atoms with Crippen LogP contribution in [0.2, 0.25) is 0 Å². The van der Waals surface area contributed by atoms with Crippen LogP contribution in [0.1, 0.15) is 12.0 Å². The zero-order valence-electron chi connectivity index (χ0n) is 13.6. The van der Waals surface area contributed by atoms with E-state index in [4.69, 9.17) is 4.74 Å². The van der Waals surface area contributed by atoms with Crippen LogP contribution in [-0.2, 0) is 14.8 Å². The van der Waals surface area contributed by atoms with Crippen molar-refractivity contribution in [1.29, 1.82) is 0 Å². The predicted molar refractivity (Wildman–Crippen MR) is 92.6 cm³/mol. The van der Waals surface area contributed by atoms with Crippen LogP contribution in [-0.4, -0.2) is 28.0 Å². The van der Waals surface area contributed by atoms with Crippen LogP contribution in [0.25, 0.3) is 0 Å². The highest BCUT2D eigenvalue weighted by Crippen LogP contribution is 2.20. The summed E-state index contributed by atoms with van der Waals surface area (Å²) in [6.45, 7) is 1.94. The molecule has 0 aliphatic heterocycles. The van der Waals surface area contributed by atoms with Crippen molar-refractivity contribution in [1.82, 2.24) is 4.72 Å². The second-order valence-corrected chi connectivity index (χ2v) is 7.00. The van der Waals surface area contributed by atoms with Gasteiger partial charge in [-0.3, -0.25) is 4.79 Å². The number of carbonyl (C=O) groups excluding carboxylic acids is 1. The van der Waals surface area contributed by atoms with E-state index in [1.54, 1.807) is 19.1 Å². The number of para-hydroxylation sites is 1. The first-order valence-corrected chi connectivity index (χ1v) is 8.92. The summed E-state index contributed by atoms with van der Waals surface area (Å²) in [4.78, 5) is 12.1. The van der Waals surface area contributed by atoms with E-state index < -0.39 is 10.0 Å². The molecule has 0 aromatic heterocycles. The number of hydrogen-bond acceptors (Lipinski definition) is 4. The summed E-state index contributed by atoms with van der Waals surface area (Å²) in [7, 11) is -2.22. The minimum absolute atomic E-state index is 0.142. The van der Waals surface area contributed by atoms with E-state index in [0.717, 1.165) is 0 Å². The molecule has 2 N–H and O–H groups in total. The number of sulfonamides is 1. The number of nitrogens with one attached hydrogen (secondary N) is 2. The van der Waals surface area contributed by atoms with Gasteiger partial charge in [0, 0.05) is 5.69 Å². The van der Waals surface area contributed by atoms with Crippen LogP contribution in [0, 0.1) is 6.92 Å². The molecule has 0 unspecified atom stereocenters. The summed E-state index contributed by atoms with van der Waals surface area (Å²) in [5.74, 6) is 0.450. The lowest BCUT2D eigenvalue weighted by Gasteiger charge is -2.11. The molecule has 0 bridgehead atoms. The lowest BCUT2D eigenvalue weighted by Crippen LogP contribution is -2.20. The second kappa shape index (κ2) is 7.94. The van der Waals surface area contributed by atoms with E-state index in [0.29, 0.717) is 17.0 Å². The highest BCUT2D eigenvalue weighted by atomic mass is 32.2. The molecule has 6 nitrogen and oxygen atoms in total. The minimum atomic E-state index is -3.57. The maximum Gasteiger partial charge on any atom is 0.240 e. The van der Waals surface area contributed by atoms with Gasteiger partial charge in [0.1, 0.15) is 5.75 Å². The predicted octanol–water partition coefficient (Wildman–Crippen LogP) is 2.31. The third-order valence-electron chi connectivity index (χ3n) is 3.37.